The largest absolute Gasteiger partial charge is 0.507 e. The predicted molar refractivity (Wildman–Crippen MR) is 118 cm³/mol. The van der Waals surface area contributed by atoms with Gasteiger partial charge in [0.1, 0.15) is 11.8 Å². The van der Waals surface area contributed by atoms with Gasteiger partial charge in [0.15, 0.2) is 0 Å². The molecule has 7 nitrogen and oxygen atoms in total. The molecule has 2 aromatic carbocycles. The number of nitro groups is 1. The van der Waals surface area contributed by atoms with E-state index in [9.17, 15) is 24.8 Å². The number of Topliss-reactive ketones (excluding diaryl/α,β-unsaturated/α-hetero) is 1. The normalized spacial score (nSPS) is 17.9. The molecule has 31 heavy (non-hydrogen) atoms. The molecule has 0 saturated carbocycles. The Labute approximate surface area is 182 Å². The zero-order valence-electron chi connectivity index (χ0n) is 16.7. The van der Waals surface area contributed by atoms with Crippen LogP contribution in [-0.4, -0.2) is 21.7 Å². The maximum Gasteiger partial charge on any atom is 0.300 e. The number of aliphatic hydroxyl groups is 1. The van der Waals surface area contributed by atoms with Crippen LogP contribution in [-0.2, 0) is 9.59 Å². The van der Waals surface area contributed by atoms with E-state index in [4.69, 9.17) is 0 Å². The Kier molecular flexibility index (Phi) is 5.16. The molecule has 156 valence electrons. The van der Waals surface area contributed by atoms with Crippen molar-refractivity contribution in [3.05, 3.63) is 97.2 Å². The Morgan fingerprint density at radius 2 is 1.87 bits per heavy atom. The fraction of sp³-hybridized carbons (Fsp3) is 0.130. The lowest BCUT2D eigenvalue weighted by Crippen LogP contribution is -2.29. The average Bonchev–Trinajstić information content (AvgIpc) is 3.37. The molecule has 1 fully saturated rings. The first-order valence-electron chi connectivity index (χ1n) is 9.46. The molecule has 0 bridgehead atoms. The van der Waals surface area contributed by atoms with E-state index in [0.29, 0.717) is 10.6 Å². The Balaban J connectivity index is 1.95. The van der Waals surface area contributed by atoms with Crippen LogP contribution in [0.1, 0.15) is 27.6 Å². The van der Waals surface area contributed by atoms with E-state index in [1.54, 1.807) is 12.1 Å². The van der Waals surface area contributed by atoms with Crippen LogP contribution in [0.3, 0.4) is 0 Å². The molecule has 4 rings (SSSR count). The number of hydrogen-bond acceptors (Lipinski definition) is 6. The van der Waals surface area contributed by atoms with Crippen molar-refractivity contribution in [2.24, 2.45) is 0 Å². The minimum atomic E-state index is -0.834. The zero-order valence-corrected chi connectivity index (χ0v) is 17.6. The van der Waals surface area contributed by atoms with Gasteiger partial charge in [-0.15, -0.1) is 11.3 Å². The molecule has 1 amide bonds. The second kappa shape index (κ2) is 7.81. The van der Waals surface area contributed by atoms with Crippen molar-refractivity contribution in [3.63, 3.8) is 0 Å². The number of nitrogens with zero attached hydrogens (tertiary/aromatic N) is 2. The maximum absolute atomic E-state index is 13.1. The summed E-state index contributed by atoms with van der Waals surface area (Å²) in [7, 11) is 0. The fourth-order valence-electron chi connectivity index (χ4n) is 3.70. The topological polar surface area (TPSA) is 101 Å². The van der Waals surface area contributed by atoms with Crippen molar-refractivity contribution < 1.29 is 19.6 Å². The standard InChI is InChI=1S/C23H18N2O5S/c1-13-8-9-14(2)17(11-13)24-20(18-7-4-10-31-18)19(22(27)23(24)28)21(26)15-5-3-6-16(12-15)25(29)30/h3-12,20,26H,1-2H3/b21-19-. The summed E-state index contributed by atoms with van der Waals surface area (Å²) in [5.41, 5.74) is 2.11. The molecule has 1 aliphatic heterocycles. The summed E-state index contributed by atoms with van der Waals surface area (Å²) in [4.78, 5) is 38.9. The number of non-ortho nitro benzene ring substituents is 1. The number of carbonyl (C=O) groups is 2. The third kappa shape index (κ3) is 3.51. The molecular weight excluding hydrogens is 416 g/mol. The van der Waals surface area contributed by atoms with Crippen LogP contribution >= 0.6 is 11.3 Å². The quantitative estimate of drug-likeness (QED) is 0.207. The number of rotatable bonds is 4. The first-order valence-corrected chi connectivity index (χ1v) is 10.3. The molecular formula is C23H18N2O5S. The van der Waals surface area contributed by atoms with Crippen molar-refractivity contribution in [2.75, 3.05) is 4.90 Å². The van der Waals surface area contributed by atoms with Crippen molar-refractivity contribution in [1.82, 2.24) is 0 Å². The second-order valence-corrected chi connectivity index (χ2v) is 8.26. The maximum atomic E-state index is 13.1. The molecule has 1 N–H and O–H groups in total. The van der Waals surface area contributed by atoms with Gasteiger partial charge in [-0.3, -0.25) is 24.6 Å². The number of aryl methyl sites for hydroxylation is 2. The van der Waals surface area contributed by atoms with Crippen LogP contribution in [0.5, 0.6) is 0 Å². The van der Waals surface area contributed by atoms with E-state index in [0.717, 1.165) is 11.1 Å². The van der Waals surface area contributed by atoms with Crippen molar-refractivity contribution in [1.29, 1.82) is 0 Å². The van der Waals surface area contributed by atoms with Crippen LogP contribution in [0.15, 0.2) is 65.6 Å². The number of carbonyl (C=O) groups excluding carboxylic acids is 2. The van der Waals surface area contributed by atoms with Crippen molar-refractivity contribution in [2.45, 2.75) is 19.9 Å². The molecule has 0 aliphatic carbocycles. The van der Waals surface area contributed by atoms with E-state index < -0.39 is 28.4 Å². The highest BCUT2D eigenvalue weighted by Gasteiger charge is 2.47. The number of nitro benzene ring substituents is 1. The third-order valence-corrected chi connectivity index (χ3v) is 6.14. The third-order valence-electron chi connectivity index (χ3n) is 5.21. The summed E-state index contributed by atoms with van der Waals surface area (Å²) in [5, 5.41) is 24.0. The van der Waals surface area contributed by atoms with E-state index in [1.807, 2.05) is 37.4 Å². The van der Waals surface area contributed by atoms with Gasteiger partial charge in [-0.2, -0.15) is 0 Å². The first-order chi connectivity index (χ1) is 14.8. The van der Waals surface area contributed by atoms with Gasteiger partial charge < -0.3 is 5.11 Å². The number of aliphatic hydroxyl groups excluding tert-OH is 1. The second-order valence-electron chi connectivity index (χ2n) is 7.28. The molecule has 3 aromatic rings. The number of benzene rings is 2. The molecule has 1 aromatic heterocycles. The molecule has 1 saturated heterocycles. The highest BCUT2D eigenvalue weighted by molar-refractivity contribution is 7.10. The molecule has 1 atom stereocenters. The van der Waals surface area contributed by atoms with Crippen LogP contribution in [0.2, 0.25) is 0 Å². The van der Waals surface area contributed by atoms with E-state index >= 15 is 0 Å². The Morgan fingerprint density at radius 1 is 1.10 bits per heavy atom. The molecule has 2 heterocycles. The summed E-state index contributed by atoms with van der Waals surface area (Å²) >= 11 is 1.36. The summed E-state index contributed by atoms with van der Waals surface area (Å²) < 4.78 is 0. The molecule has 0 radical (unpaired) electrons. The number of amides is 1. The molecule has 1 unspecified atom stereocenters. The van der Waals surface area contributed by atoms with Crippen molar-refractivity contribution in [3.8, 4) is 0 Å². The summed E-state index contributed by atoms with van der Waals surface area (Å²) in [5.74, 6) is -2.02. The molecule has 8 heteroatoms. The Hall–Kier alpha value is -3.78. The van der Waals surface area contributed by atoms with Gasteiger partial charge in [-0.25, -0.2) is 0 Å². The van der Waals surface area contributed by atoms with Gasteiger partial charge in [0.2, 0.25) is 0 Å². The lowest BCUT2D eigenvalue weighted by atomic mass is 9.99. The van der Waals surface area contributed by atoms with E-state index in [2.05, 4.69) is 0 Å². The summed E-state index contributed by atoms with van der Waals surface area (Å²) in [6.45, 7) is 3.74. The van der Waals surface area contributed by atoms with Crippen LogP contribution in [0.25, 0.3) is 5.76 Å². The van der Waals surface area contributed by atoms with Gasteiger partial charge in [0.05, 0.1) is 10.5 Å². The Morgan fingerprint density at radius 3 is 2.55 bits per heavy atom. The predicted octanol–water partition coefficient (Wildman–Crippen LogP) is 4.90. The van der Waals surface area contributed by atoms with Crippen LogP contribution < -0.4 is 4.90 Å². The minimum Gasteiger partial charge on any atom is -0.507 e. The fourth-order valence-corrected chi connectivity index (χ4v) is 4.52. The van der Waals surface area contributed by atoms with Gasteiger partial charge in [-0.05, 0) is 42.5 Å². The van der Waals surface area contributed by atoms with Crippen molar-refractivity contribution >= 4 is 40.2 Å². The average molecular weight is 434 g/mol. The van der Waals surface area contributed by atoms with Gasteiger partial charge in [0, 0.05) is 28.3 Å². The lowest BCUT2D eigenvalue weighted by Gasteiger charge is -2.26. The molecule has 0 spiro atoms. The summed E-state index contributed by atoms with van der Waals surface area (Å²) in [6.07, 6.45) is 0. The van der Waals surface area contributed by atoms with Gasteiger partial charge >= 0.3 is 0 Å². The monoisotopic (exact) mass is 434 g/mol. The van der Waals surface area contributed by atoms with Crippen LogP contribution in [0, 0.1) is 24.0 Å². The number of thiophene rings is 1. The number of anilines is 1. The first kappa shape index (κ1) is 20.5. The number of hydrogen-bond donors (Lipinski definition) is 1. The number of ketones is 1. The Bertz CT molecular complexity index is 1250. The lowest BCUT2D eigenvalue weighted by molar-refractivity contribution is -0.384. The zero-order chi connectivity index (χ0) is 22.3. The van der Waals surface area contributed by atoms with E-state index in [-0.39, 0.29) is 16.8 Å². The van der Waals surface area contributed by atoms with Crippen LogP contribution in [0.4, 0.5) is 11.4 Å². The minimum absolute atomic E-state index is 0.0890. The molecule has 1 aliphatic rings. The van der Waals surface area contributed by atoms with Gasteiger partial charge in [-0.1, -0.05) is 30.3 Å². The smallest absolute Gasteiger partial charge is 0.300 e. The van der Waals surface area contributed by atoms with E-state index in [1.165, 1.54) is 40.5 Å². The van der Waals surface area contributed by atoms with Gasteiger partial charge in [0.25, 0.3) is 17.4 Å². The highest BCUT2D eigenvalue weighted by Crippen LogP contribution is 2.44. The summed E-state index contributed by atoms with van der Waals surface area (Å²) in [6, 6.07) is 13.8. The highest BCUT2D eigenvalue weighted by atomic mass is 32.1. The SMILES string of the molecule is Cc1ccc(C)c(N2C(=O)C(=O)/C(=C(\O)c3cccc([N+](=O)[O-])c3)C2c2cccs2)c1.